The number of nitrogens with zero attached hydrogens (tertiary/aromatic N) is 1. The summed E-state index contributed by atoms with van der Waals surface area (Å²) in [4.78, 5) is 16.4. The third-order valence-corrected chi connectivity index (χ3v) is 3.50. The molecule has 1 aromatic carbocycles. The smallest absolute Gasteiger partial charge is 0.194 e. The van der Waals surface area contributed by atoms with Crippen molar-refractivity contribution in [3.63, 3.8) is 0 Å². The molecule has 88 valence electrons. The van der Waals surface area contributed by atoms with Crippen LogP contribution in [0.1, 0.15) is 15.9 Å². The van der Waals surface area contributed by atoms with Gasteiger partial charge in [0.1, 0.15) is 5.82 Å². The van der Waals surface area contributed by atoms with Crippen LogP contribution in [-0.4, -0.2) is 10.8 Å². The molecule has 0 bridgehead atoms. The number of halogens is 1. The van der Waals surface area contributed by atoms with Crippen LogP contribution < -0.4 is 0 Å². The van der Waals surface area contributed by atoms with E-state index in [0.717, 1.165) is 10.2 Å². The zero-order valence-corrected chi connectivity index (χ0v) is 10.1. The normalized spacial score (nSPS) is 10.7. The van der Waals surface area contributed by atoms with Crippen LogP contribution in [0.25, 0.3) is 10.2 Å². The van der Waals surface area contributed by atoms with Crippen molar-refractivity contribution < 1.29 is 9.18 Å². The van der Waals surface area contributed by atoms with Crippen LogP contribution in [0.5, 0.6) is 0 Å². The van der Waals surface area contributed by atoms with Crippen LogP contribution in [0.2, 0.25) is 0 Å². The number of benzene rings is 1. The molecule has 0 aliphatic heterocycles. The first kappa shape index (κ1) is 11.0. The number of thiophene rings is 1. The fraction of sp³-hybridized carbons (Fsp3) is 0. The van der Waals surface area contributed by atoms with E-state index in [4.69, 9.17) is 0 Å². The van der Waals surface area contributed by atoms with E-state index < -0.39 is 5.82 Å². The minimum Gasteiger partial charge on any atom is -0.289 e. The first-order valence-corrected chi connectivity index (χ1v) is 6.25. The summed E-state index contributed by atoms with van der Waals surface area (Å²) in [6, 6.07) is 9.37. The quantitative estimate of drug-likeness (QED) is 0.656. The Morgan fingerprint density at radius 1 is 1.17 bits per heavy atom. The van der Waals surface area contributed by atoms with Crippen LogP contribution in [0.15, 0.2) is 48.0 Å². The Morgan fingerprint density at radius 2 is 2.06 bits per heavy atom. The van der Waals surface area contributed by atoms with Crippen LogP contribution in [-0.2, 0) is 0 Å². The predicted molar refractivity (Wildman–Crippen MR) is 69.5 cm³/mol. The first-order chi connectivity index (χ1) is 8.74. The molecule has 0 spiro atoms. The van der Waals surface area contributed by atoms with Gasteiger partial charge in [-0.2, -0.15) is 0 Å². The van der Waals surface area contributed by atoms with Gasteiger partial charge in [-0.3, -0.25) is 9.78 Å². The zero-order chi connectivity index (χ0) is 12.5. The topological polar surface area (TPSA) is 30.0 Å². The highest BCUT2D eigenvalue weighted by atomic mass is 32.1. The molecule has 4 heteroatoms. The fourth-order valence-corrected chi connectivity index (χ4v) is 2.55. The monoisotopic (exact) mass is 257 g/mol. The average Bonchev–Trinajstić information content (AvgIpc) is 2.85. The van der Waals surface area contributed by atoms with Gasteiger partial charge < -0.3 is 0 Å². The van der Waals surface area contributed by atoms with Crippen molar-refractivity contribution >= 4 is 27.3 Å². The summed E-state index contributed by atoms with van der Waals surface area (Å²) in [7, 11) is 0. The van der Waals surface area contributed by atoms with Crippen molar-refractivity contribution in [2.24, 2.45) is 0 Å². The summed E-state index contributed by atoms with van der Waals surface area (Å²) in [5.41, 5.74) is 1.69. The van der Waals surface area contributed by atoms with Crippen LogP contribution in [0.4, 0.5) is 4.39 Å². The van der Waals surface area contributed by atoms with E-state index in [0.29, 0.717) is 11.1 Å². The summed E-state index contributed by atoms with van der Waals surface area (Å²) in [6.45, 7) is 0. The summed E-state index contributed by atoms with van der Waals surface area (Å²) in [6.07, 6.45) is 1.53. The van der Waals surface area contributed by atoms with Crippen molar-refractivity contribution in [3.8, 4) is 0 Å². The highest BCUT2D eigenvalue weighted by Crippen LogP contribution is 2.21. The van der Waals surface area contributed by atoms with E-state index in [-0.39, 0.29) is 5.78 Å². The van der Waals surface area contributed by atoms with Gasteiger partial charge in [0.2, 0.25) is 0 Å². The van der Waals surface area contributed by atoms with Gasteiger partial charge in [0.25, 0.3) is 0 Å². The van der Waals surface area contributed by atoms with Crippen LogP contribution >= 0.6 is 11.3 Å². The Hall–Kier alpha value is -2.07. The van der Waals surface area contributed by atoms with Gasteiger partial charge in [0.15, 0.2) is 5.78 Å². The first-order valence-electron chi connectivity index (χ1n) is 5.37. The van der Waals surface area contributed by atoms with E-state index in [1.807, 2.05) is 11.4 Å². The standard InChI is InChI=1S/C14H8FNOS/c15-11-3-1-2-9(6-11)14(17)10-7-13-12(16-8-10)4-5-18-13/h1-8H. The van der Waals surface area contributed by atoms with Gasteiger partial charge in [0.05, 0.1) is 10.2 Å². The molecular weight excluding hydrogens is 249 g/mol. The largest absolute Gasteiger partial charge is 0.289 e. The molecule has 0 aliphatic rings. The van der Waals surface area contributed by atoms with Gasteiger partial charge in [-0.05, 0) is 29.6 Å². The molecule has 0 amide bonds. The van der Waals surface area contributed by atoms with Crippen molar-refractivity contribution in [2.75, 3.05) is 0 Å². The van der Waals surface area contributed by atoms with Gasteiger partial charge >= 0.3 is 0 Å². The highest BCUT2D eigenvalue weighted by Gasteiger charge is 2.11. The lowest BCUT2D eigenvalue weighted by Gasteiger charge is -2.01. The SMILES string of the molecule is O=C(c1cccc(F)c1)c1cnc2ccsc2c1. The molecule has 0 radical (unpaired) electrons. The lowest BCUT2D eigenvalue weighted by atomic mass is 10.1. The molecule has 0 fully saturated rings. The summed E-state index contributed by atoms with van der Waals surface area (Å²) in [5, 5.41) is 1.92. The number of hydrogen-bond acceptors (Lipinski definition) is 3. The minimum absolute atomic E-state index is 0.211. The molecular formula is C14H8FNOS. The highest BCUT2D eigenvalue weighted by molar-refractivity contribution is 7.17. The maximum absolute atomic E-state index is 13.1. The summed E-state index contributed by atoms with van der Waals surface area (Å²) in [5.74, 6) is -0.622. The van der Waals surface area contributed by atoms with Crippen molar-refractivity contribution in [1.29, 1.82) is 0 Å². The molecule has 0 unspecified atom stereocenters. The van der Waals surface area contributed by atoms with Gasteiger partial charge in [-0.15, -0.1) is 11.3 Å². The molecule has 2 heterocycles. The molecule has 0 atom stereocenters. The Morgan fingerprint density at radius 3 is 2.89 bits per heavy atom. The number of fused-ring (bicyclic) bond motifs is 1. The molecule has 3 rings (SSSR count). The Labute approximate surface area is 107 Å². The Kier molecular flexibility index (Phi) is 2.64. The number of carbonyl (C=O) groups excluding carboxylic acids is 1. The van der Waals surface area contributed by atoms with Crippen LogP contribution in [0, 0.1) is 5.82 Å². The molecule has 0 saturated heterocycles. The van der Waals surface area contributed by atoms with Crippen molar-refractivity contribution in [2.45, 2.75) is 0 Å². The number of carbonyl (C=O) groups is 1. The Balaban J connectivity index is 2.06. The summed E-state index contributed by atoms with van der Waals surface area (Å²) >= 11 is 1.53. The molecule has 3 aromatic rings. The molecule has 2 nitrogen and oxygen atoms in total. The number of hydrogen-bond donors (Lipinski definition) is 0. The molecule has 2 aromatic heterocycles. The molecule has 0 aliphatic carbocycles. The van der Waals surface area contributed by atoms with E-state index >= 15 is 0 Å². The second-order valence-electron chi connectivity index (χ2n) is 3.87. The zero-order valence-electron chi connectivity index (χ0n) is 9.26. The molecule has 0 saturated carbocycles. The minimum atomic E-state index is -0.411. The van der Waals surface area contributed by atoms with Gasteiger partial charge in [-0.25, -0.2) is 4.39 Å². The third kappa shape index (κ3) is 1.91. The summed E-state index contributed by atoms with van der Waals surface area (Å²) < 4.78 is 14.0. The third-order valence-electron chi connectivity index (χ3n) is 2.65. The van der Waals surface area contributed by atoms with Crippen molar-refractivity contribution in [1.82, 2.24) is 4.98 Å². The molecule has 18 heavy (non-hydrogen) atoms. The average molecular weight is 257 g/mol. The number of aromatic nitrogens is 1. The lowest BCUT2D eigenvalue weighted by Crippen LogP contribution is -2.02. The van der Waals surface area contributed by atoms with Gasteiger partial charge in [0, 0.05) is 17.3 Å². The number of rotatable bonds is 2. The second-order valence-corrected chi connectivity index (χ2v) is 4.82. The van der Waals surface area contributed by atoms with E-state index in [1.165, 1.54) is 35.7 Å². The maximum Gasteiger partial charge on any atom is 0.194 e. The maximum atomic E-state index is 13.1. The number of pyridine rings is 1. The lowest BCUT2D eigenvalue weighted by molar-refractivity contribution is 0.103. The van der Waals surface area contributed by atoms with E-state index in [2.05, 4.69) is 4.98 Å². The van der Waals surface area contributed by atoms with E-state index in [1.54, 1.807) is 12.1 Å². The Bertz CT molecular complexity index is 735. The fourth-order valence-electron chi connectivity index (χ4n) is 1.77. The van der Waals surface area contributed by atoms with Crippen LogP contribution in [0.3, 0.4) is 0 Å². The van der Waals surface area contributed by atoms with Crippen molar-refractivity contribution in [3.05, 3.63) is 64.9 Å². The second kappa shape index (κ2) is 4.31. The molecule has 0 N–H and O–H groups in total. The number of ketones is 1. The van der Waals surface area contributed by atoms with Gasteiger partial charge in [-0.1, -0.05) is 12.1 Å². The van der Waals surface area contributed by atoms with E-state index in [9.17, 15) is 9.18 Å². The predicted octanol–water partition coefficient (Wildman–Crippen LogP) is 3.67.